The standard InChI is InChI=1S/C9H8O3/c1-2-9(10)12-8-5-6-3-4-7(8)11-6/h3-5H,2H2,1H3. The fourth-order valence-electron chi connectivity index (χ4n) is 1.04. The van der Waals surface area contributed by atoms with E-state index in [2.05, 4.69) is 0 Å². The highest BCUT2D eigenvalue weighted by Gasteiger charge is 2.10. The Kier molecular flexibility index (Phi) is 1.50. The van der Waals surface area contributed by atoms with Crippen molar-refractivity contribution in [3.8, 4) is 5.75 Å². The van der Waals surface area contributed by atoms with Crippen molar-refractivity contribution in [2.24, 2.45) is 0 Å². The van der Waals surface area contributed by atoms with Crippen molar-refractivity contribution in [2.75, 3.05) is 0 Å². The first kappa shape index (κ1) is 7.16. The molecular weight excluding hydrogens is 156 g/mol. The molecule has 0 fully saturated rings. The van der Waals surface area contributed by atoms with Crippen LogP contribution in [0.2, 0.25) is 0 Å². The lowest BCUT2D eigenvalue weighted by molar-refractivity contribution is -0.133. The number of hydrogen-bond acceptors (Lipinski definition) is 3. The minimum atomic E-state index is -0.237. The average molecular weight is 164 g/mol. The van der Waals surface area contributed by atoms with Gasteiger partial charge in [0.15, 0.2) is 11.3 Å². The van der Waals surface area contributed by atoms with Gasteiger partial charge in [-0.05, 0) is 12.1 Å². The summed E-state index contributed by atoms with van der Waals surface area (Å²) in [5, 5.41) is 0. The van der Waals surface area contributed by atoms with Crippen LogP contribution in [0.1, 0.15) is 13.3 Å². The van der Waals surface area contributed by atoms with E-state index in [1.54, 1.807) is 19.1 Å². The molecule has 2 bridgehead atoms. The molecule has 2 aromatic rings. The van der Waals surface area contributed by atoms with Gasteiger partial charge in [-0.25, -0.2) is 0 Å². The maximum atomic E-state index is 10.9. The summed E-state index contributed by atoms with van der Waals surface area (Å²) < 4.78 is 10.2. The van der Waals surface area contributed by atoms with Gasteiger partial charge < -0.3 is 9.15 Å². The van der Waals surface area contributed by atoms with Crippen molar-refractivity contribution in [3.05, 3.63) is 18.2 Å². The maximum Gasteiger partial charge on any atom is 0.311 e. The Bertz CT molecular complexity index is 388. The number of fused-ring (bicyclic) bond motifs is 2. The van der Waals surface area contributed by atoms with E-state index in [9.17, 15) is 4.79 Å². The predicted molar refractivity (Wildman–Crippen MR) is 43.3 cm³/mol. The smallest absolute Gasteiger partial charge is 0.311 e. The van der Waals surface area contributed by atoms with Gasteiger partial charge in [0.05, 0.1) is 0 Å². The number of rotatable bonds is 2. The Morgan fingerprint density at radius 2 is 2.42 bits per heavy atom. The van der Waals surface area contributed by atoms with Gasteiger partial charge in [-0.15, -0.1) is 0 Å². The molecule has 12 heavy (non-hydrogen) atoms. The number of ether oxygens (including phenoxy) is 1. The SMILES string of the molecule is CCC(=O)Oc1cc2ccc1o2. The van der Waals surface area contributed by atoms with Gasteiger partial charge >= 0.3 is 5.97 Å². The topological polar surface area (TPSA) is 39.4 Å². The third kappa shape index (κ3) is 1.03. The zero-order chi connectivity index (χ0) is 8.55. The molecule has 3 nitrogen and oxygen atoms in total. The Balaban J connectivity index is 2.24. The minimum absolute atomic E-state index is 0.237. The lowest BCUT2D eigenvalue weighted by Crippen LogP contribution is -2.04. The molecule has 0 saturated heterocycles. The van der Waals surface area contributed by atoms with Crippen LogP contribution in [0.15, 0.2) is 22.6 Å². The third-order valence-corrected chi connectivity index (χ3v) is 1.66. The summed E-state index contributed by atoms with van der Waals surface area (Å²) in [6.07, 6.45) is 0.379. The molecule has 0 unspecified atom stereocenters. The van der Waals surface area contributed by atoms with Crippen molar-refractivity contribution in [2.45, 2.75) is 13.3 Å². The molecule has 0 N–H and O–H groups in total. The van der Waals surface area contributed by atoms with E-state index in [0.29, 0.717) is 17.8 Å². The van der Waals surface area contributed by atoms with Crippen LogP contribution in [0, 0.1) is 0 Å². The van der Waals surface area contributed by atoms with Crippen molar-refractivity contribution in [1.82, 2.24) is 0 Å². The lowest BCUT2D eigenvalue weighted by Gasteiger charge is -1.97. The summed E-state index contributed by atoms with van der Waals surface area (Å²) in [5.41, 5.74) is 1.37. The number of benzene rings is 1. The van der Waals surface area contributed by atoms with E-state index >= 15 is 0 Å². The molecule has 3 heteroatoms. The highest BCUT2D eigenvalue weighted by molar-refractivity contribution is 5.78. The van der Waals surface area contributed by atoms with Gasteiger partial charge in [-0.3, -0.25) is 4.79 Å². The zero-order valence-corrected chi connectivity index (χ0v) is 6.66. The van der Waals surface area contributed by atoms with Crippen molar-refractivity contribution >= 4 is 17.1 Å². The van der Waals surface area contributed by atoms with Crippen LogP contribution < -0.4 is 4.74 Å². The minimum Gasteiger partial charge on any atom is -0.453 e. The molecule has 2 heterocycles. The molecule has 2 rings (SSSR count). The zero-order valence-electron chi connectivity index (χ0n) is 6.66. The second kappa shape index (κ2) is 2.52. The van der Waals surface area contributed by atoms with Gasteiger partial charge in [-0.2, -0.15) is 0 Å². The second-order valence-electron chi connectivity index (χ2n) is 2.54. The lowest BCUT2D eigenvalue weighted by atomic mass is 10.3. The van der Waals surface area contributed by atoms with Gasteiger partial charge in [-0.1, -0.05) is 6.92 Å². The van der Waals surface area contributed by atoms with E-state index in [0.717, 1.165) is 5.58 Å². The Morgan fingerprint density at radius 3 is 2.92 bits per heavy atom. The Labute approximate surface area is 69.3 Å². The quantitative estimate of drug-likeness (QED) is 0.504. The highest BCUT2D eigenvalue weighted by Crippen LogP contribution is 2.28. The van der Waals surface area contributed by atoms with E-state index < -0.39 is 0 Å². The summed E-state index contributed by atoms with van der Waals surface area (Å²) in [7, 11) is 0. The fourth-order valence-corrected chi connectivity index (χ4v) is 1.04. The number of furan rings is 2. The second-order valence-corrected chi connectivity index (χ2v) is 2.54. The van der Waals surface area contributed by atoms with E-state index in [1.165, 1.54) is 0 Å². The summed E-state index contributed by atoms with van der Waals surface area (Å²) in [5.74, 6) is 0.290. The largest absolute Gasteiger partial charge is 0.453 e. The molecule has 0 aliphatic heterocycles. The molecule has 0 aromatic carbocycles. The number of esters is 1. The average Bonchev–Trinajstić information content (AvgIpc) is 2.64. The summed E-state index contributed by atoms with van der Waals surface area (Å²) >= 11 is 0. The molecule has 2 aromatic heterocycles. The Morgan fingerprint density at radius 1 is 1.58 bits per heavy atom. The van der Waals surface area contributed by atoms with Crippen LogP contribution in [0.3, 0.4) is 0 Å². The fraction of sp³-hybridized carbons (Fsp3) is 0.222. The van der Waals surface area contributed by atoms with E-state index in [1.807, 2.05) is 6.07 Å². The van der Waals surface area contributed by atoms with Gasteiger partial charge in [0, 0.05) is 12.5 Å². The molecule has 0 atom stereocenters. The van der Waals surface area contributed by atoms with E-state index in [-0.39, 0.29) is 5.97 Å². The maximum absolute atomic E-state index is 10.9. The normalized spacial score (nSPS) is 10.8. The molecular formula is C9H8O3. The van der Waals surface area contributed by atoms with Crippen LogP contribution in [0.25, 0.3) is 11.2 Å². The first-order valence-corrected chi connectivity index (χ1v) is 3.82. The monoisotopic (exact) mass is 164 g/mol. The predicted octanol–water partition coefficient (Wildman–Crippen LogP) is 2.19. The van der Waals surface area contributed by atoms with Crippen molar-refractivity contribution in [3.63, 3.8) is 0 Å². The first-order valence-electron chi connectivity index (χ1n) is 3.82. The molecule has 62 valence electrons. The number of carbonyl (C=O) groups is 1. The number of hydrogen-bond donors (Lipinski definition) is 0. The Hall–Kier alpha value is -1.51. The third-order valence-electron chi connectivity index (χ3n) is 1.66. The van der Waals surface area contributed by atoms with Gasteiger partial charge in [0.2, 0.25) is 0 Å². The summed E-state index contributed by atoms with van der Waals surface area (Å²) in [4.78, 5) is 10.9. The van der Waals surface area contributed by atoms with Crippen LogP contribution in [0.5, 0.6) is 5.75 Å². The van der Waals surface area contributed by atoms with Crippen molar-refractivity contribution in [1.29, 1.82) is 0 Å². The number of carbonyl (C=O) groups excluding carboxylic acids is 1. The van der Waals surface area contributed by atoms with Gasteiger partial charge in [0.25, 0.3) is 0 Å². The molecule has 0 radical (unpaired) electrons. The summed E-state index contributed by atoms with van der Waals surface area (Å²) in [6, 6.07) is 5.33. The van der Waals surface area contributed by atoms with Crippen LogP contribution in [-0.4, -0.2) is 5.97 Å². The van der Waals surface area contributed by atoms with Crippen molar-refractivity contribution < 1.29 is 13.9 Å². The molecule has 0 aliphatic carbocycles. The van der Waals surface area contributed by atoms with Gasteiger partial charge in [0.1, 0.15) is 5.58 Å². The summed E-state index contributed by atoms with van der Waals surface area (Å²) in [6.45, 7) is 1.75. The van der Waals surface area contributed by atoms with Crippen LogP contribution >= 0.6 is 0 Å². The first-order chi connectivity index (χ1) is 5.79. The van der Waals surface area contributed by atoms with Crippen LogP contribution in [-0.2, 0) is 4.79 Å². The molecule has 0 aliphatic rings. The molecule has 0 amide bonds. The highest BCUT2D eigenvalue weighted by atomic mass is 16.5. The molecule has 0 saturated carbocycles. The van der Waals surface area contributed by atoms with Crippen LogP contribution in [0.4, 0.5) is 0 Å². The molecule has 0 spiro atoms. The van der Waals surface area contributed by atoms with E-state index in [4.69, 9.17) is 9.15 Å².